The van der Waals surface area contributed by atoms with E-state index in [1.807, 2.05) is 19.9 Å². The van der Waals surface area contributed by atoms with Crippen molar-refractivity contribution in [1.29, 1.82) is 0 Å². The smallest absolute Gasteiger partial charge is 0.230 e. The first-order valence-electron chi connectivity index (χ1n) is 5.69. The summed E-state index contributed by atoms with van der Waals surface area (Å²) in [5.74, 6) is -0.221. The minimum atomic E-state index is -0.126. The lowest BCUT2D eigenvalue weighted by atomic mass is 10.1. The van der Waals surface area contributed by atoms with Crippen LogP contribution in [-0.4, -0.2) is 23.6 Å². The van der Waals surface area contributed by atoms with Gasteiger partial charge < -0.3 is 4.90 Å². The molecule has 0 N–H and O–H groups in total. The van der Waals surface area contributed by atoms with E-state index in [1.165, 1.54) is 12.5 Å². The van der Waals surface area contributed by atoms with Crippen LogP contribution in [0.3, 0.4) is 0 Å². The maximum Gasteiger partial charge on any atom is 0.230 e. The number of carbonyl (C=O) groups is 2. The third kappa shape index (κ3) is 4.02. The standard InChI is InChI=1S/C14H19NO2/c1-10-5-6-11(2)13(7-10)9-15(4)14(17)8-12(3)16/h5-7H,8-9H2,1-4H3. The number of Topliss-reactive ketones (excluding diaryl/α,β-unsaturated/α-hetero) is 1. The van der Waals surface area contributed by atoms with Gasteiger partial charge in [-0.2, -0.15) is 0 Å². The largest absolute Gasteiger partial charge is 0.341 e. The summed E-state index contributed by atoms with van der Waals surface area (Å²) in [4.78, 5) is 24.1. The highest BCUT2D eigenvalue weighted by Gasteiger charge is 2.12. The third-order valence-corrected chi connectivity index (χ3v) is 2.74. The molecule has 1 amide bonds. The van der Waals surface area contributed by atoms with Crippen molar-refractivity contribution < 1.29 is 9.59 Å². The van der Waals surface area contributed by atoms with Crippen molar-refractivity contribution in [2.45, 2.75) is 33.7 Å². The number of aryl methyl sites for hydroxylation is 2. The van der Waals surface area contributed by atoms with Crippen molar-refractivity contribution in [2.24, 2.45) is 0 Å². The zero-order valence-electron chi connectivity index (χ0n) is 10.9. The third-order valence-electron chi connectivity index (χ3n) is 2.74. The van der Waals surface area contributed by atoms with E-state index in [-0.39, 0.29) is 18.1 Å². The number of rotatable bonds is 4. The molecule has 0 aliphatic heterocycles. The molecule has 1 aromatic rings. The molecule has 0 atom stereocenters. The molecule has 92 valence electrons. The average molecular weight is 233 g/mol. The average Bonchev–Trinajstić information content (AvgIpc) is 2.22. The highest BCUT2D eigenvalue weighted by molar-refractivity contribution is 5.96. The Hall–Kier alpha value is -1.64. The fourth-order valence-corrected chi connectivity index (χ4v) is 1.66. The van der Waals surface area contributed by atoms with Crippen LogP contribution >= 0.6 is 0 Å². The van der Waals surface area contributed by atoms with Crippen LogP contribution in [0.1, 0.15) is 30.0 Å². The molecule has 17 heavy (non-hydrogen) atoms. The van der Waals surface area contributed by atoms with E-state index in [2.05, 4.69) is 12.1 Å². The quantitative estimate of drug-likeness (QED) is 0.748. The second-order valence-corrected chi connectivity index (χ2v) is 4.56. The van der Waals surface area contributed by atoms with Gasteiger partial charge in [-0.3, -0.25) is 9.59 Å². The normalized spacial score (nSPS) is 10.1. The lowest BCUT2D eigenvalue weighted by Crippen LogP contribution is -2.27. The summed E-state index contributed by atoms with van der Waals surface area (Å²) in [7, 11) is 1.73. The number of nitrogens with zero attached hydrogens (tertiary/aromatic N) is 1. The molecule has 0 aromatic heterocycles. The number of benzene rings is 1. The molecule has 0 aliphatic rings. The topological polar surface area (TPSA) is 37.4 Å². The SMILES string of the molecule is CC(=O)CC(=O)N(C)Cc1cc(C)ccc1C. The Morgan fingerprint density at radius 2 is 1.88 bits per heavy atom. The zero-order chi connectivity index (χ0) is 13.0. The molecule has 0 saturated carbocycles. The molecule has 1 rings (SSSR count). The van der Waals surface area contributed by atoms with Gasteiger partial charge in [0.05, 0.1) is 6.42 Å². The summed E-state index contributed by atoms with van der Waals surface area (Å²) in [6, 6.07) is 6.18. The van der Waals surface area contributed by atoms with Crippen LogP contribution in [0.2, 0.25) is 0 Å². The Kier molecular flexibility index (Phi) is 4.44. The number of hydrogen-bond donors (Lipinski definition) is 0. The lowest BCUT2D eigenvalue weighted by Gasteiger charge is -2.18. The fraction of sp³-hybridized carbons (Fsp3) is 0.429. The molecule has 3 nitrogen and oxygen atoms in total. The van der Waals surface area contributed by atoms with Crippen molar-refractivity contribution >= 4 is 11.7 Å². The summed E-state index contributed by atoms with van der Waals surface area (Å²) in [6.45, 7) is 6.04. The molecule has 0 aliphatic carbocycles. The molecule has 0 spiro atoms. The van der Waals surface area contributed by atoms with Crippen LogP contribution in [-0.2, 0) is 16.1 Å². The second-order valence-electron chi connectivity index (χ2n) is 4.56. The van der Waals surface area contributed by atoms with E-state index >= 15 is 0 Å². The van der Waals surface area contributed by atoms with E-state index in [0.717, 1.165) is 11.1 Å². The first-order chi connectivity index (χ1) is 7.90. The summed E-state index contributed by atoms with van der Waals surface area (Å²) in [5.41, 5.74) is 3.47. The maximum atomic E-state index is 11.7. The van der Waals surface area contributed by atoms with E-state index in [0.29, 0.717) is 6.54 Å². The van der Waals surface area contributed by atoms with Gasteiger partial charge in [-0.05, 0) is 31.9 Å². The van der Waals surface area contributed by atoms with Gasteiger partial charge in [0, 0.05) is 13.6 Å². The molecule has 0 heterocycles. The maximum absolute atomic E-state index is 11.7. The molecule has 0 bridgehead atoms. The molecule has 1 aromatic carbocycles. The Bertz CT molecular complexity index is 438. The van der Waals surface area contributed by atoms with Crippen molar-refractivity contribution in [2.75, 3.05) is 7.05 Å². The molecular weight excluding hydrogens is 214 g/mol. The minimum Gasteiger partial charge on any atom is -0.341 e. The lowest BCUT2D eigenvalue weighted by molar-refractivity contribution is -0.134. The summed E-state index contributed by atoms with van der Waals surface area (Å²) in [5, 5.41) is 0. The predicted molar refractivity (Wildman–Crippen MR) is 67.7 cm³/mol. The summed E-state index contributed by atoms with van der Waals surface area (Å²) in [6.07, 6.45) is -0.0125. The van der Waals surface area contributed by atoms with Gasteiger partial charge in [-0.15, -0.1) is 0 Å². The molecule has 0 fully saturated rings. The molecule has 3 heteroatoms. The number of carbonyl (C=O) groups excluding carboxylic acids is 2. The monoisotopic (exact) mass is 233 g/mol. The van der Waals surface area contributed by atoms with Crippen LogP contribution in [0.15, 0.2) is 18.2 Å². The highest BCUT2D eigenvalue weighted by atomic mass is 16.2. The minimum absolute atomic E-state index is 0.0125. The van der Waals surface area contributed by atoms with Crippen molar-refractivity contribution in [3.8, 4) is 0 Å². The van der Waals surface area contributed by atoms with Gasteiger partial charge >= 0.3 is 0 Å². The van der Waals surface area contributed by atoms with E-state index in [1.54, 1.807) is 11.9 Å². The van der Waals surface area contributed by atoms with Gasteiger partial charge in [0.25, 0.3) is 0 Å². The van der Waals surface area contributed by atoms with Crippen molar-refractivity contribution in [3.63, 3.8) is 0 Å². The summed E-state index contributed by atoms with van der Waals surface area (Å²) >= 11 is 0. The Morgan fingerprint density at radius 3 is 2.47 bits per heavy atom. The van der Waals surface area contributed by atoms with E-state index < -0.39 is 0 Å². The number of hydrogen-bond acceptors (Lipinski definition) is 2. The van der Waals surface area contributed by atoms with E-state index in [4.69, 9.17) is 0 Å². The first-order valence-corrected chi connectivity index (χ1v) is 5.69. The predicted octanol–water partition coefficient (Wildman–Crippen LogP) is 2.24. The fourth-order valence-electron chi connectivity index (χ4n) is 1.66. The van der Waals surface area contributed by atoms with Crippen molar-refractivity contribution in [3.05, 3.63) is 34.9 Å². The van der Waals surface area contributed by atoms with Crippen LogP contribution < -0.4 is 0 Å². The summed E-state index contributed by atoms with van der Waals surface area (Å²) < 4.78 is 0. The van der Waals surface area contributed by atoms with Crippen molar-refractivity contribution in [1.82, 2.24) is 4.90 Å². The van der Waals surface area contributed by atoms with Gasteiger partial charge in [0.1, 0.15) is 5.78 Å². The second kappa shape index (κ2) is 5.62. The van der Waals surface area contributed by atoms with E-state index in [9.17, 15) is 9.59 Å². The molecule has 0 unspecified atom stereocenters. The Morgan fingerprint density at radius 1 is 1.24 bits per heavy atom. The Balaban J connectivity index is 2.73. The van der Waals surface area contributed by atoms with Gasteiger partial charge in [-0.1, -0.05) is 23.8 Å². The van der Waals surface area contributed by atoms with Crippen LogP contribution in [0.25, 0.3) is 0 Å². The highest BCUT2D eigenvalue weighted by Crippen LogP contribution is 2.13. The first kappa shape index (κ1) is 13.4. The van der Waals surface area contributed by atoms with Gasteiger partial charge in [0.15, 0.2) is 0 Å². The van der Waals surface area contributed by atoms with Gasteiger partial charge in [-0.25, -0.2) is 0 Å². The molecule has 0 radical (unpaired) electrons. The van der Waals surface area contributed by atoms with Gasteiger partial charge in [0.2, 0.25) is 5.91 Å². The molecular formula is C14H19NO2. The zero-order valence-corrected chi connectivity index (χ0v) is 10.9. The number of ketones is 1. The molecule has 0 saturated heterocycles. The number of amides is 1. The Labute approximate surface area is 102 Å². The van der Waals surface area contributed by atoms with Crippen LogP contribution in [0.5, 0.6) is 0 Å². The van der Waals surface area contributed by atoms with Crippen LogP contribution in [0.4, 0.5) is 0 Å². The van der Waals surface area contributed by atoms with Crippen LogP contribution in [0, 0.1) is 13.8 Å².